The standard InChI is InChI=1S/C14H22N2O/c1-11-2-4-12(5-3-11)6-7-16-10-13(9-15)8-14(16)17/h11-13H,2-8,10H2,1H3. The maximum atomic E-state index is 11.6. The molecule has 0 bridgehead atoms. The third-order valence-electron chi connectivity index (χ3n) is 4.34. The molecule has 2 fully saturated rings. The molecular weight excluding hydrogens is 212 g/mol. The Balaban J connectivity index is 1.72. The molecule has 3 heteroatoms. The average molecular weight is 234 g/mol. The Hall–Kier alpha value is -1.04. The molecule has 0 aromatic rings. The van der Waals surface area contributed by atoms with E-state index in [1.807, 2.05) is 4.90 Å². The van der Waals surface area contributed by atoms with Gasteiger partial charge in [0.2, 0.25) is 5.91 Å². The first-order valence-corrected chi connectivity index (χ1v) is 6.86. The quantitative estimate of drug-likeness (QED) is 0.753. The van der Waals surface area contributed by atoms with E-state index in [4.69, 9.17) is 5.26 Å². The van der Waals surface area contributed by atoms with E-state index in [1.54, 1.807) is 0 Å². The predicted molar refractivity (Wildman–Crippen MR) is 66.0 cm³/mol. The lowest BCUT2D eigenvalue weighted by molar-refractivity contribution is -0.127. The van der Waals surface area contributed by atoms with Crippen LogP contribution >= 0.6 is 0 Å². The molecule has 0 radical (unpaired) electrons. The third-order valence-corrected chi connectivity index (χ3v) is 4.34. The Morgan fingerprint density at radius 2 is 2.06 bits per heavy atom. The summed E-state index contributed by atoms with van der Waals surface area (Å²) in [5.41, 5.74) is 0. The highest BCUT2D eigenvalue weighted by Crippen LogP contribution is 2.31. The normalized spacial score (nSPS) is 33.8. The van der Waals surface area contributed by atoms with E-state index >= 15 is 0 Å². The number of carbonyl (C=O) groups is 1. The summed E-state index contributed by atoms with van der Waals surface area (Å²) in [4.78, 5) is 13.5. The first kappa shape index (κ1) is 12.4. The van der Waals surface area contributed by atoms with Gasteiger partial charge in [-0.1, -0.05) is 32.6 Å². The van der Waals surface area contributed by atoms with Crippen LogP contribution in [0.2, 0.25) is 0 Å². The van der Waals surface area contributed by atoms with E-state index in [2.05, 4.69) is 13.0 Å². The van der Waals surface area contributed by atoms with Crippen molar-refractivity contribution in [2.45, 2.75) is 45.4 Å². The van der Waals surface area contributed by atoms with E-state index in [9.17, 15) is 4.79 Å². The second kappa shape index (κ2) is 5.53. The smallest absolute Gasteiger partial charge is 0.224 e. The Kier molecular flexibility index (Phi) is 4.04. The average Bonchev–Trinajstić information content (AvgIpc) is 2.69. The molecule has 1 aliphatic heterocycles. The lowest BCUT2D eigenvalue weighted by atomic mass is 9.81. The fourth-order valence-electron chi connectivity index (χ4n) is 3.03. The number of amides is 1. The third kappa shape index (κ3) is 3.21. The number of hydrogen-bond acceptors (Lipinski definition) is 2. The molecule has 0 N–H and O–H groups in total. The summed E-state index contributed by atoms with van der Waals surface area (Å²) in [5, 5.41) is 8.82. The molecule has 1 heterocycles. The monoisotopic (exact) mass is 234 g/mol. The lowest BCUT2D eigenvalue weighted by Crippen LogP contribution is -2.28. The molecule has 1 saturated heterocycles. The number of hydrogen-bond donors (Lipinski definition) is 0. The van der Waals surface area contributed by atoms with Gasteiger partial charge < -0.3 is 4.90 Å². The summed E-state index contributed by atoms with van der Waals surface area (Å²) in [7, 11) is 0. The van der Waals surface area contributed by atoms with Crippen LogP contribution in [0.5, 0.6) is 0 Å². The number of nitrogens with zero attached hydrogens (tertiary/aromatic N) is 2. The minimum Gasteiger partial charge on any atom is -0.341 e. The maximum Gasteiger partial charge on any atom is 0.224 e. The second-order valence-electron chi connectivity index (χ2n) is 5.78. The minimum absolute atomic E-state index is 0.0612. The van der Waals surface area contributed by atoms with Crippen LogP contribution in [0.15, 0.2) is 0 Å². The molecule has 1 unspecified atom stereocenters. The van der Waals surface area contributed by atoms with Crippen LogP contribution in [0, 0.1) is 29.1 Å². The molecule has 2 rings (SSSR count). The van der Waals surface area contributed by atoms with Crippen molar-refractivity contribution in [1.29, 1.82) is 5.26 Å². The molecule has 1 amide bonds. The van der Waals surface area contributed by atoms with Crippen molar-refractivity contribution in [2.75, 3.05) is 13.1 Å². The van der Waals surface area contributed by atoms with Crippen LogP contribution in [0.25, 0.3) is 0 Å². The molecule has 0 spiro atoms. The van der Waals surface area contributed by atoms with Crippen molar-refractivity contribution in [2.24, 2.45) is 17.8 Å². The van der Waals surface area contributed by atoms with Gasteiger partial charge in [0.25, 0.3) is 0 Å². The van der Waals surface area contributed by atoms with Crippen molar-refractivity contribution in [3.63, 3.8) is 0 Å². The van der Waals surface area contributed by atoms with Crippen molar-refractivity contribution in [1.82, 2.24) is 4.90 Å². The second-order valence-corrected chi connectivity index (χ2v) is 5.78. The maximum absolute atomic E-state index is 11.6. The van der Waals surface area contributed by atoms with Crippen LogP contribution in [0.4, 0.5) is 0 Å². The SMILES string of the molecule is CC1CCC(CCN2CC(C#N)CC2=O)CC1. The van der Waals surface area contributed by atoms with Crippen LogP contribution in [0.3, 0.4) is 0 Å². The highest BCUT2D eigenvalue weighted by molar-refractivity contribution is 5.79. The molecule has 3 nitrogen and oxygen atoms in total. The molecule has 94 valence electrons. The van der Waals surface area contributed by atoms with Crippen LogP contribution in [-0.2, 0) is 4.79 Å². The fraction of sp³-hybridized carbons (Fsp3) is 0.857. The zero-order valence-electron chi connectivity index (χ0n) is 10.7. The first-order chi connectivity index (χ1) is 8.19. The van der Waals surface area contributed by atoms with Gasteiger partial charge in [-0.05, 0) is 18.3 Å². The van der Waals surface area contributed by atoms with E-state index < -0.39 is 0 Å². The van der Waals surface area contributed by atoms with Crippen LogP contribution < -0.4 is 0 Å². The number of rotatable bonds is 3. The molecule has 1 saturated carbocycles. The van der Waals surface area contributed by atoms with Gasteiger partial charge >= 0.3 is 0 Å². The van der Waals surface area contributed by atoms with Crippen LogP contribution in [-0.4, -0.2) is 23.9 Å². The summed E-state index contributed by atoms with van der Waals surface area (Å²) >= 11 is 0. The van der Waals surface area contributed by atoms with Gasteiger partial charge in [0, 0.05) is 19.5 Å². The highest BCUT2D eigenvalue weighted by atomic mass is 16.2. The summed E-state index contributed by atoms with van der Waals surface area (Å²) in [6, 6.07) is 2.21. The summed E-state index contributed by atoms with van der Waals surface area (Å²) in [6.45, 7) is 3.87. The van der Waals surface area contributed by atoms with Gasteiger partial charge in [0.05, 0.1) is 12.0 Å². The number of likely N-dealkylation sites (tertiary alicyclic amines) is 1. The van der Waals surface area contributed by atoms with Gasteiger partial charge in [-0.15, -0.1) is 0 Å². The number of carbonyl (C=O) groups excluding carboxylic acids is 1. The molecule has 1 aliphatic carbocycles. The largest absolute Gasteiger partial charge is 0.341 e. The van der Waals surface area contributed by atoms with Crippen molar-refractivity contribution >= 4 is 5.91 Å². The molecular formula is C14H22N2O. The van der Waals surface area contributed by atoms with E-state index in [-0.39, 0.29) is 11.8 Å². The van der Waals surface area contributed by atoms with E-state index in [1.165, 1.54) is 25.7 Å². The zero-order chi connectivity index (χ0) is 12.3. The zero-order valence-corrected chi connectivity index (χ0v) is 10.7. The lowest BCUT2D eigenvalue weighted by Gasteiger charge is -2.27. The highest BCUT2D eigenvalue weighted by Gasteiger charge is 2.29. The van der Waals surface area contributed by atoms with Crippen molar-refractivity contribution in [3.8, 4) is 6.07 Å². The molecule has 17 heavy (non-hydrogen) atoms. The van der Waals surface area contributed by atoms with Gasteiger partial charge in [0.15, 0.2) is 0 Å². The van der Waals surface area contributed by atoms with Crippen LogP contribution in [0.1, 0.15) is 45.4 Å². The summed E-state index contributed by atoms with van der Waals surface area (Å²) < 4.78 is 0. The van der Waals surface area contributed by atoms with Crippen molar-refractivity contribution < 1.29 is 4.79 Å². The van der Waals surface area contributed by atoms with Gasteiger partial charge in [-0.2, -0.15) is 5.26 Å². The molecule has 2 aliphatic rings. The Morgan fingerprint density at radius 3 is 2.65 bits per heavy atom. The molecule has 0 aromatic carbocycles. The van der Waals surface area contributed by atoms with E-state index in [0.717, 1.165) is 24.8 Å². The van der Waals surface area contributed by atoms with Gasteiger partial charge in [-0.3, -0.25) is 4.79 Å². The Bertz CT molecular complexity index is 313. The number of nitriles is 1. The minimum atomic E-state index is -0.0612. The first-order valence-electron chi connectivity index (χ1n) is 6.86. The fourth-order valence-corrected chi connectivity index (χ4v) is 3.03. The van der Waals surface area contributed by atoms with Crippen molar-refractivity contribution in [3.05, 3.63) is 0 Å². The summed E-state index contributed by atoms with van der Waals surface area (Å²) in [6.07, 6.45) is 6.92. The molecule has 1 atom stereocenters. The Labute approximate surface area is 104 Å². The van der Waals surface area contributed by atoms with Gasteiger partial charge in [-0.25, -0.2) is 0 Å². The van der Waals surface area contributed by atoms with E-state index in [0.29, 0.717) is 13.0 Å². The molecule has 0 aromatic heterocycles. The Morgan fingerprint density at radius 1 is 1.35 bits per heavy atom. The summed E-state index contributed by atoms with van der Waals surface area (Å²) in [5.74, 6) is 1.82. The predicted octanol–water partition coefficient (Wildman–Crippen LogP) is 2.57. The van der Waals surface area contributed by atoms with Gasteiger partial charge in [0.1, 0.15) is 0 Å². The topological polar surface area (TPSA) is 44.1 Å².